The Morgan fingerprint density at radius 3 is 2.83 bits per heavy atom. The van der Waals surface area contributed by atoms with Gasteiger partial charge >= 0.3 is 0 Å². The fraction of sp³-hybridized carbons (Fsp3) is 0.500. The van der Waals surface area contributed by atoms with Crippen LogP contribution in [-0.4, -0.2) is 40.5 Å². The van der Waals surface area contributed by atoms with Crippen LogP contribution in [0.1, 0.15) is 30.5 Å². The molecule has 2 N–H and O–H groups in total. The van der Waals surface area contributed by atoms with E-state index < -0.39 is 0 Å². The van der Waals surface area contributed by atoms with Crippen LogP contribution in [0.15, 0.2) is 36.5 Å². The number of carbonyl (C=O) groups is 1. The summed E-state index contributed by atoms with van der Waals surface area (Å²) in [6.07, 6.45) is 5.50. The van der Waals surface area contributed by atoms with Crippen LogP contribution in [0.25, 0.3) is 0 Å². The second kappa shape index (κ2) is 8.59. The molecule has 0 bridgehead atoms. The first-order valence-electron chi connectivity index (χ1n) is 8.70. The van der Waals surface area contributed by atoms with E-state index in [-0.39, 0.29) is 5.91 Å². The number of nitrogens with zero attached hydrogens (tertiary/aromatic N) is 3. The third kappa shape index (κ3) is 5.16. The van der Waals surface area contributed by atoms with E-state index in [0.717, 1.165) is 38.2 Å². The van der Waals surface area contributed by atoms with E-state index in [4.69, 9.17) is 0 Å². The Morgan fingerprint density at radius 1 is 1.25 bits per heavy atom. The molecule has 1 aromatic carbocycles. The molecule has 0 unspecified atom stereocenters. The van der Waals surface area contributed by atoms with Gasteiger partial charge < -0.3 is 10.6 Å². The lowest BCUT2D eigenvalue weighted by atomic mass is 9.94. The molecule has 0 aliphatic carbocycles. The van der Waals surface area contributed by atoms with Gasteiger partial charge in [-0.1, -0.05) is 35.5 Å². The number of carbonyl (C=O) groups excluding carboxylic acids is 1. The van der Waals surface area contributed by atoms with Gasteiger partial charge in [0.1, 0.15) is 0 Å². The molecule has 2 heterocycles. The molecule has 0 saturated carbocycles. The lowest BCUT2D eigenvalue weighted by Crippen LogP contribution is -2.33. The zero-order valence-corrected chi connectivity index (χ0v) is 13.9. The first-order valence-corrected chi connectivity index (χ1v) is 8.70. The first-order chi connectivity index (χ1) is 11.8. The van der Waals surface area contributed by atoms with Gasteiger partial charge in [-0.25, -0.2) is 4.68 Å². The molecule has 1 amide bonds. The summed E-state index contributed by atoms with van der Waals surface area (Å²) in [6.45, 7) is 3.40. The topological polar surface area (TPSA) is 71.8 Å². The maximum Gasteiger partial charge on any atom is 0.220 e. The summed E-state index contributed by atoms with van der Waals surface area (Å²) in [5.74, 6) is 0.677. The minimum atomic E-state index is 0.151. The molecular weight excluding hydrogens is 302 g/mol. The summed E-state index contributed by atoms with van der Waals surface area (Å²) < 4.78 is 1.83. The number of nitrogens with one attached hydrogen (secondary N) is 2. The van der Waals surface area contributed by atoms with Crippen LogP contribution >= 0.6 is 0 Å². The third-order valence-electron chi connectivity index (χ3n) is 4.41. The van der Waals surface area contributed by atoms with Crippen molar-refractivity contribution >= 4 is 5.91 Å². The van der Waals surface area contributed by atoms with E-state index in [1.54, 1.807) is 0 Å². The highest BCUT2D eigenvalue weighted by molar-refractivity contribution is 5.76. The normalized spacial score (nSPS) is 15.3. The molecule has 24 heavy (non-hydrogen) atoms. The Bertz CT molecular complexity index is 634. The summed E-state index contributed by atoms with van der Waals surface area (Å²) in [6, 6.07) is 10.2. The Morgan fingerprint density at radius 2 is 2.04 bits per heavy atom. The van der Waals surface area contributed by atoms with E-state index in [2.05, 4.69) is 33.1 Å². The lowest BCUT2D eigenvalue weighted by molar-refractivity contribution is -0.122. The number of benzene rings is 1. The van der Waals surface area contributed by atoms with Gasteiger partial charge in [0, 0.05) is 25.6 Å². The van der Waals surface area contributed by atoms with Crippen LogP contribution < -0.4 is 10.6 Å². The van der Waals surface area contributed by atoms with Gasteiger partial charge in [0.15, 0.2) is 0 Å². The second-order valence-electron chi connectivity index (χ2n) is 6.39. The van der Waals surface area contributed by atoms with E-state index in [1.165, 1.54) is 5.56 Å². The Labute approximate surface area is 142 Å². The highest BCUT2D eigenvalue weighted by Gasteiger charge is 2.16. The number of amides is 1. The molecule has 0 atom stereocenters. The Balaban J connectivity index is 1.38. The number of hydrogen-bond donors (Lipinski definition) is 2. The summed E-state index contributed by atoms with van der Waals surface area (Å²) in [4.78, 5) is 12.0. The molecule has 0 spiro atoms. The summed E-state index contributed by atoms with van der Waals surface area (Å²) in [5, 5.41) is 14.7. The fourth-order valence-electron chi connectivity index (χ4n) is 3.05. The lowest BCUT2D eigenvalue weighted by Gasteiger charge is -2.21. The maximum absolute atomic E-state index is 12.0. The molecule has 1 saturated heterocycles. The number of piperidine rings is 1. The van der Waals surface area contributed by atoms with Crippen LogP contribution in [0.2, 0.25) is 0 Å². The minimum Gasteiger partial charge on any atom is -0.356 e. The van der Waals surface area contributed by atoms with Crippen molar-refractivity contribution in [3.63, 3.8) is 0 Å². The summed E-state index contributed by atoms with van der Waals surface area (Å²) in [5.41, 5.74) is 2.11. The quantitative estimate of drug-likeness (QED) is 0.806. The van der Waals surface area contributed by atoms with E-state index in [0.29, 0.717) is 25.3 Å². The van der Waals surface area contributed by atoms with Crippen molar-refractivity contribution in [2.75, 3.05) is 19.6 Å². The summed E-state index contributed by atoms with van der Waals surface area (Å²) >= 11 is 0. The Hall–Kier alpha value is -2.21. The highest BCUT2D eigenvalue weighted by atomic mass is 16.1. The molecule has 3 rings (SSSR count). The zero-order valence-electron chi connectivity index (χ0n) is 13.9. The largest absolute Gasteiger partial charge is 0.356 e. The molecule has 2 aromatic rings. The molecule has 0 radical (unpaired) electrons. The van der Waals surface area contributed by atoms with Crippen molar-refractivity contribution in [1.29, 1.82) is 0 Å². The van der Waals surface area contributed by atoms with Crippen molar-refractivity contribution in [2.24, 2.45) is 5.92 Å². The van der Waals surface area contributed by atoms with Crippen molar-refractivity contribution < 1.29 is 4.79 Å². The van der Waals surface area contributed by atoms with Crippen LogP contribution in [0.4, 0.5) is 0 Å². The Kier molecular flexibility index (Phi) is 5.96. The monoisotopic (exact) mass is 327 g/mol. The molecule has 6 nitrogen and oxygen atoms in total. The van der Waals surface area contributed by atoms with Gasteiger partial charge in [-0.05, 0) is 37.4 Å². The predicted octanol–water partition coefficient (Wildman–Crippen LogP) is 1.37. The SMILES string of the molecule is O=C(CC1CCNCC1)NCCc1cn(Cc2ccccc2)nn1. The van der Waals surface area contributed by atoms with Gasteiger partial charge in [0.25, 0.3) is 0 Å². The van der Waals surface area contributed by atoms with Crippen LogP contribution in [0.5, 0.6) is 0 Å². The second-order valence-corrected chi connectivity index (χ2v) is 6.39. The summed E-state index contributed by atoms with van der Waals surface area (Å²) in [7, 11) is 0. The van der Waals surface area contributed by atoms with Crippen molar-refractivity contribution in [1.82, 2.24) is 25.6 Å². The van der Waals surface area contributed by atoms with Crippen molar-refractivity contribution in [2.45, 2.75) is 32.2 Å². The van der Waals surface area contributed by atoms with Gasteiger partial charge in [-0.3, -0.25) is 4.79 Å². The van der Waals surface area contributed by atoms with Crippen LogP contribution in [0.3, 0.4) is 0 Å². The molecule has 128 valence electrons. The molecule has 1 aromatic heterocycles. The molecule has 1 aliphatic heterocycles. The van der Waals surface area contributed by atoms with Crippen molar-refractivity contribution in [3.05, 3.63) is 47.8 Å². The highest BCUT2D eigenvalue weighted by Crippen LogP contribution is 2.15. The average molecular weight is 327 g/mol. The maximum atomic E-state index is 12.0. The van der Waals surface area contributed by atoms with Gasteiger partial charge in [0.05, 0.1) is 12.2 Å². The van der Waals surface area contributed by atoms with Crippen LogP contribution in [-0.2, 0) is 17.8 Å². The van der Waals surface area contributed by atoms with Gasteiger partial charge in [-0.15, -0.1) is 5.10 Å². The molecule has 1 fully saturated rings. The number of aromatic nitrogens is 3. The fourth-order valence-corrected chi connectivity index (χ4v) is 3.05. The number of rotatable bonds is 7. The molecule has 1 aliphatic rings. The molecule has 6 heteroatoms. The standard InChI is InChI=1S/C18H25N5O/c24-18(12-15-6-9-19-10-7-15)20-11-8-17-14-23(22-21-17)13-16-4-2-1-3-5-16/h1-5,14-15,19H,6-13H2,(H,20,24). The zero-order chi connectivity index (χ0) is 16.6. The van der Waals surface area contributed by atoms with Gasteiger partial charge in [0.2, 0.25) is 5.91 Å². The smallest absolute Gasteiger partial charge is 0.220 e. The van der Waals surface area contributed by atoms with E-state index in [1.807, 2.05) is 29.1 Å². The van der Waals surface area contributed by atoms with E-state index in [9.17, 15) is 4.79 Å². The number of hydrogen-bond acceptors (Lipinski definition) is 4. The van der Waals surface area contributed by atoms with Crippen molar-refractivity contribution in [3.8, 4) is 0 Å². The third-order valence-corrected chi connectivity index (χ3v) is 4.41. The first kappa shape index (κ1) is 16.6. The average Bonchev–Trinajstić information content (AvgIpc) is 3.04. The van der Waals surface area contributed by atoms with Gasteiger partial charge in [-0.2, -0.15) is 0 Å². The van der Waals surface area contributed by atoms with Crippen LogP contribution in [0, 0.1) is 5.92 Å². The minimum absolute atomic E-state index is 0.151. The predicted molar refractivity (Wildman–Crippen MR) is 92.5 cm³/mol. The molecular formula is C18H25N5O. The van der Waals surface area contributed by atoms with E-state index >= 15 is 0 Å².